The van der Waals surface area contributed by atoms with Crippen molar-refractivity contribution in [2.45, 2.75) is 45.1 Å². The summed E-state index contributed by atoms with van der Waals surface area (Å²) in [5.74, 6) is -0.0647. The summed E-state index contributed by atoms with van der Waals surface area (Å²) in [7, 11) is 0. The Balaban J connectivity index is 1.49. The van der Waals surface area contributed by atoms with Crippen LogP contribution in [0.2, 0.25) is 0 Å². The van der Waals surface area contributed by atoms with Crippen molar-refractivity contribution < 1.29 is 9.53 Å². The van der Waals surface area contributed by atoms with Gasteiger partial charge in [0.2, 0.25) is 0 Å². The molecule has 2 aromatic rings. The summed E-state index contributed by atoms with van der Waals surface area (Å²) in [6.07, 6.45) is 9.73. The number of aryl methyl sites for hydroxylation is 1. The van der Waals surface area contributed by atoms with E-state index in [1.165, 1.54) is 25.7 Å². The number of fused-ring (bicyclic) bond motifs is 1. The van der Waals surface area contributed by atoms with E-state index in [0.717, 1.165) is 24.1 Å². The molecule has 2 heterocycles. The average Bonchev–Trinajstić information content (AvgIpc) is 3.16. The first-order valence-electron chi connectivity index (χ1n) is 8.08. The van der Waals surface area contributed by atoms with E-state index in [1.54, 1.807) is 10.7 Å². The number of amides is 1. The molecule has 1 N–H and O–H groups in total. The van der Waals surface area contributed by atoms with Gasteiger partial charge >= 0.3 is 0 Å². The molecule has 1 fully saturated rings. The summed E-state index contributed by atoms with van der Waals surface area (Å²) in [5.41, 5.74) is 2.56. The lowest BCUT2D eigenvalue weighted by molar-refractivity contribution is 0.0565. The Kier molecular flexibility index (Phi) is 4.73. The smallest absolute Gasteiger partial charge is 0.255 e. The van der Waals surface area contributed by atoms with Gasteiger partial charge in [0.25, 0.3) is 5.91 Å². The minimum Gasteiger partial charge on any atom is -0.378 e. The van der Waals surface area contributed by atoms with E-state index in [-0.39, 0.29) is 5.91 Å². The Hall–Kier alpha value is -1.88. The number of ether oxygens (including phenoxy) is 1. The van der Waals surface area contributed by atoms with Crippen LogP contribution in [0, 0.1) is 6.92 Å². The zero-order valence-electron chi connectivity index (χ0n) is 13.0. The van der Waals surface area contributed by atoms with Gasteiger partial charge in [0.15, 0.2) is 0 Å². The number of aromatic nitrogens is 2. The van der Waals surface area contributed by atoms with E-state index >= 15 is 0 Å². The highest BCUT2D eigenvalue weighted by molar-refractivity contribution is 6.01. The van der Waals surface area contributed by atoms with Crippen LogP contribution in [0.4, 0.5) is 0 Å². The van der Waals surface area contributed by atoms with E-state index in [4.69, 9.17) is 4.74 Å². The molecular formula is C17H23N3O2. The summed E-state index contributed by atoms with van der Waals surface area (Å²) in [6.45, 7) is 3.34. The number of carbonyl (C=O) groups excluding carboxylic acids is 1. The Bertz CT molecular complexity index is 644. The lowest BCUT2D eigenvalue weighted by atomic mass is 10.1. The molecule has 5 nitrogen and oxygen atoms in total. The molecule has 2 aromatic heterocycles. The maximum Gasteiger partial charge on any atom is 0.255 e. The summed E-state index contributed by atoms with van der Waals surface area (Å²) in [5, 5.41) is 7.19. The first-order chi connectivity index (χ1) is 10.8. The third kappa shape index (κ3) is 3.30. The van der Waals surface area contributed by atoms with Gasteiger partial charge in [-0.05, 0) is 37.8 Å². The molecule has 0 radical (unpaired) electrons. The first-order valence-corrected chi connectivity index (χ1v) is 8.08. The van der Waals surface area contributed by atoms with E-state index in [1.807, 2.05) is 25.3 Å². The number of nitrogens with zero attached hydrogens (tertiary/aromatic N) is 2. The Morgan fingerprint density at radius 2 is 2.27 bits per heavy atom. The van der Waals surface area contributed by atoms with Crippen LogP contribution in [0.1, 0.15) is 48.0 Å². The predicted molar refractivity (Wildman–Crippen MR) is 85.1 cm³/mol. The van der Waals surface area contributed by atoms with Gasteiger partial charge < -0.3 is 10.1 Å². The van der Waals surface area contributed by atoms with Crippen molar-refractivity contribution in [2.75, 3.05) is 13.2 Å². The third-order valence-corrected chi connectivity index (χ3v) is 4.25. The van der Waals surface area contributed by atoms with Gasteiger partial charge in [-0.2, -0.15) is 5.10 Å². The molecule has 1 amide bonds. The standard InChI is InChI=1S/C17H23N3O2/c1-13-6-4-10-20-16(13)15(12-19-20)17(21)18-9-5-11-22-14-7-2-3-8-14/h4,6,10,12,14H,2-3,5,7-9,11H2,1H3,(H,18,21). The van der Waals surface area contributed by atoms with Gasteiger partial charge in [-0.15, -0.1) is 0 Å². The van der Waals surface area contributed by atoms with Crippen LogP contribution < -0.4 is 5.32 Å². The zero-order valence-corrected chi connectivity index (χ0v) is 13.0. The molecule has 3 rings (SSSR count). The lowest BCUT2D eigenvalue weighted by Crippen LogP contribution is -2.25. The van der Waals surface area contributed by atoms with Crippen LogP contribution >= 0.6 is 0 Å². The van der Waals surface area contributed by atoms with Crippen LogP contribution in [-0.2, 0) is 4.74 Å². The summed E-state index contributed by atoms with van der Waals surface area (Å²) >= 11 is 0. The van der Waals surface area contributed by atoms with Gasteiger partial charge in [-0.3, -0.25) is 4.79 Å². The molecule has 1 aliphatic rings. The quantitative estimate of drug-likeness (QED) is 0.835. The highest BCUT2D eigenvalue weighted by atomic mass is 16.5. The number of pyridine rings is 1. The van der Waals surface area contributed by atoms with Crippen molar-refractivity contribution in [3.8, 4) is 0 Å². The first kappa shape index (κ1) is 15.0. The zero-order chi connectivity index (χ0) is 15.4. The highest BCUT2D eigenvalue weighted by Crippen LogP contribution is 2.20. The van der Waals surface area contributed by atoms with E-state index < -0.39 is 0 Å². The number of hydrogen-bond donors (Lipinski definition) is 1. The lowest BCUT2D eigenvalue weighted by Gasteiger charge is -2.11. The Morgan fingerprint density at radius 3 is 3.09 bits per heavy atom. The molecule has 0 aromatic carbocycles. The summed E-state index contributed by atoms with van der Waals surface area (Å²) in [4.78, 5) is 12.3. The largest absolute Gasteiger partial charge is 0.378 e. The van der Waals surface area contributed by atoms with Crippen molar-refractivity contribution >= 4 is 11.4 Å². The summed E-state index contributed by atoms with van der Waals surface area (Å²) < 4.78 is 7.54. The molecule has 22 heavy (non-hydrogen) atoms. The molecule has 0 spiro atoms. The molecule has 5 heteroatoms. The van der Waals surface area contributed by atoms with Crippen molar-refractivity contribution in [3.63, 3.8) is 0 Å². The fourth-order valence-electron chi connectivity index (χ4n) is 3.06. The number of hydrogen-bond acceptors (Lipinski definition) is 3. The highest BCUT2D eigenvalue weighted by Gasteiger charge is 2.15. The van der Waals surface area contributed by atoms with Crippen LogP contribution in [0.5, 0.6) is 0 Å². The second-order valence-corrected chi connectivity index (χ2v) is 5.93. The predicted octanol–water partition coefficient (Wildman–Crippen LogP) is 2.72. The van der Waals surface area contributed by atoms with Crippen molar-refractivity contribution in [2.24, 2.45) is 0 Å². The molecule has 0 aliphatic heterocycles. The molecule has 118 valence electrons. The number of nitrogens with one attached hydrogen (secondary N) is 1. The van der Waals surface area contributed by atoms with Crippen molar-refractivity contribution in [1.29, 1.82) is 0 Å². The topological polar surface area (TPSA) is 55.6 Å². The van der Waals surface area contributed by atoms with Crippen molar-refractivity contribution in [3.05, 3.63) is 35.7 Å². The SMILES string of the molecule is Cc1cccn2ncc(C(=O)NCCCOC3CCCC3)c12. The van der Waals surface area contributed by atoms with E-state index in [9.17, 15) is 4.79 Å². The molecule has 0 atom stereocenters. The van der Waals surface area contributed by atoms with Crippen LogP contribution in [-0.4, -0.2) is 34.8 Å². The Labute approximate surface area is 130 Å². The fourth-order valence-corrected chi connectivity index (χ4v) is 3.06. The summed E-state index contributed by atoms with van der Waals surface area (Å²) in [6, 6.07) is 3.92. The second-order valence-electron chi connectivity index (χ2n) is 5.93. The number of rotatable bonds is 6. The number of carbonyl (C=O) groups is 1. The Morgan fingerprint density at radius 1 is 1.45 bits per heavy atom. The van der Waals surface area contributed by atoms with Crippen LogP contribution in [0.25, 0.3) is 5.52 Å². The molecular weight excluding hydrogens is 278 g/mol. The van der Waals surface area contributed by atoms with E-state index in [0.29, 0.717) is 18.2 Å². The van der Waals surface area contributed by atoms with Gasteiger partial charge in [0, 0.05) is 19.3 Å². The van der Waals surface area contributed by atoms with Crippen LogP contribution in [0.3, 0.4) is 0 Å². The van der Waals surface area contributed by atoms with Crippen molar-refractivity contribution in [1.82, 2.24) is 14.9 Å². The van der Waals surface area contributed by atoms with E-state index in [2.05, 4.69) is 10.4 Å². The molecule has 1 saturated carbocycles. The molecule has 0 unspecified atom stereocenters. The molecule has 0 saturated heterocycles. The van der Waals surface area contributed by atoms with Gasteiger partial charge in [0.1, 0.15) is 0 Å². The maximum atomic E-state index is 12.3. The second kappa shape index (κ2) is 6.92. The van der Waals surface area contributed by atoms with Gasteiger partial charge in [0.05, 0.1) is 23.4 Å². The maximum absolute atomic E-state index is 12.3. The minimum absolute atomic E-state index is 0.0647. The average molecular weight is 301 g/mol. The van der Waals surface area contributed by atoms with Gasteiger partial charge in [-0.1, -0.05) is 18.9 Å². The minimum atomic E-state index is -0.0647. The fraction of sp³-hybridized carbons (Fsp3) is 0.529. The molecule has 1 aliphatic carbocycles. The third-order valence-electron chi connectivity index (χ3n) is 4.25. The monoisotopic (exact) mass is 301 g/mol. The normalized spacial score (nSPS) is 15.5. The van der Waals surface area contributed by atoms with Crippen LogP contribution in [0.15, 0.2) is 24.5 Å². The molecule has 0 bridgehead atoms. The van der Waals surface area contributed by atoms with Gasteiger partial charge in [-0.25, -0.2) is 4.52 Å².